The van der Waals surface area contributed by atoms with Crippen molar-refractivity contribution >= 4 is 33.8 Å². The molecule has 0 heterocycles. The first kappa shape index (κ1) is 19.0. The first-order chi connectivity index (χ1) is 11.0. The van der Waals surface area contributed by atoms with E-state index >= 15 is 0 Å². The van der Waals surface area contributed by atoms with Gasteiger partial charge in [-0.15, -0.1) is 0 Å². The maximum atomic E-state index is 11.8. The van der Waals surface area contributed by atoms with Crippen LogP contribution in [0.15, 0.2) is 28.7 Å². The van der Waals surface area contributed by atoms with Crippen LogP contribution in [-0.2, 0) is 4.79 Å². The van der Waals surface area contributed by atoms with Crippen molar-refractivity contribution in [3.8, 4) is 0 Å². The predicted octanol–water partition coefficient (Wildman–Crippen LogP) is 1.73. The summed E-state index contributed by atoms with van der Waals surface area (Å²) < 4.78 is 0.839. The predicted molar refractivity (Wildman–Crippen MR) is 89.4 cm³/mol. The minimum absolute atomic E-state index is 0.0297. The molecule has 1 aromatic carbocycles. The van der Waals surface area contributed by atoms with Crippen LogP contribution in [0.5, 0.6) is 0 Å². The summed E-state index contributed by atoms with van der Waals surface area (Å²) in [6.07, 6.45) is 1.02. The average molecular weight is 386 g/mol. The Morgan fingerprint density at radius 1 is 1.00 bits per heavy atom. The molecule has 0 aromatic heterocycles. The molecular formula is C15H20BrN3O4. The van der Waals surface area contributed by atoms with Gasteiger partial charge < -0.3 is 21.1 Å². The van der Waals surface area contributed by atoms with E-state index in [0.717, 1.165) is 4.47 Å². The quantitative estimate of drug-likeness (QED) is 0.485. The van der Waals surface area contributed by atoms with Gasteiger partial charge >= 0.3 is 12.0 Å². The van der Waals surface area contributed by atoms with Gasteiger partial charge in [0.1, 0.15) is 0 Å². The molecule has 126 valence electrons. The second-order valence-corrected chi connectivity index (χ2v) is 5.72. The number of benzene rings is 1. The molecule has 23 heavy (non-hydrogen) atoms. The first-order valence-corrected chi connectivity index (χ1v) is 8.05. The van der Waals surface area contributed by atoms with Crippen LogP contribution in [0.4, 0.5) is 4.79 Å². The lowest BCUT2D eigenvalue weighted by Gasteiger charge is -2.08. The van der Waals surface area contributed by atoms with Crippen molar-refractivity contribution in [2.24, 2.45) is 0 Å². The van der Waals surface area contributed by atoms with Gasteiger partial charge in [0.05, 0.1) is 0 Å². The molecule has 1 aromatic rings. The van der Waals surface area contributed by atoms with Gasteiger partial charge in [0.15, 0.2) is 0 Å². The third-order valence-corrected chi connectivity index (χ3v) is 3.36. The number of aliphatic carboxylic acids is 1. The third kappa shape index (κ3) is 8.82. The number of carboxylic acid groups (broad SMARTS) is 1. The molecular weight excluding hydrogens is 366 g/mol. The zero-order valence-corrected chi connectivity index (χ0v) is 14.2. The molecule has 8 heteroatoms. The van der Waals surface area contributed by atoms with E-state index in [4.69, 9.17) is 5.11 Å². The molecule has 0 aliphatic rings. The number of amides is 3. The number of carbonyl (C=O) groups is 3. The van der Waals surface area contributed by atoms with Gasteiger partial charge in [-0.05, 0) is 31.0 Å². The number of urea groups is 1. The summed E-state index contributed by atoms with van der Waals surface area (Å²) in [6.45, 7) is 1.19. The Balaban J connectivity index is 2.07. The number of halogens is 1. The number of hydrogen-bond donors (Lipinski definition) is 4. The maximum absolute atomic E-state index is 11.8. The number of carboxylic acids is 1. The molecule has 0 spiro atoms. The van der Waals surface area contributed by atoms with Crippen LogP contribution in [0.2, 0.25) is 0 Å². The number of nitrogens with one attached hydrogen (secondary N) is 3. The van der Waals surface area contributed by atoms with Crippen molar-refractivity contribution in [3.05, 3.63) is 34.3 Å². The van der Waals surface area contributed by atoms with Crippen LogP contribution in [0.3, 0.4) is 0 Å². The zero-order chi connectivity index (χ0) is 17.1. The van der Waals surface area contributed by atoms with E-state index in [1.165, 1.54) is 0 Å². The molecule has 1 rings (SSSR count). The van der Waals surface area contributed by atoms with E-state index in [1.807, 2.05) is 6.07 Å². The Hall–Kier alpha value is -2.09. The minimum atomic E-state index is -0.881. The minimum Gasteiger partial charge on any atom is -0.481 e. The van der Waals surface area contributed by atoms with Crippen molar-refractivity contribution in [1.29, 1.82) is 0 Å². The van der Waals surface area contributed by atoms with E-state index in [9.17, 15) is 14.4 Å². The van der Waals surface area contributed by atoms with Gasteiger partial charge in [0.25, 0.3) is 5.91 Å². The van der Waals surface area contributed by atoms with Crippen molar-refractivity contribution in [3.63, 3.8) is 0 Å². The van der Waals surface area contributed by atoms with Crippen molar-refractivity contribution in [2.45, 2.75) is 19.3 Å². The topological polar surface area (TPSA) is 108 Å². The van der Waals surface area contributed by atoms with E-state index in [-0.39, 0.29) is 18.4 Å². The molecule has 0 saturated heterocycles. The molecule has 7 nitrogen and oxygen atoms in total. The van der Waals surface area contributed by atoms with Crippen molar-refractivity contribution < 1.29 is 19.5 Å². The zero-order valence-electron chi connectivity index (χ0n) is 12.6. The van der Waals surface area contributed by atoms with Crippen LogP contribution in [0.1, 0.15) is 29.6 Å². The van der Waals surface area contributed by atoms with Gasteiger partial charge in [0, 0.05) is 36.1 Å². The van der Waals surface area contributed by atoms with Crippen molar-refractivity contribution in [1.82, 2.24) is 16.0 Å². The largest absolute Gasteiger partial charge is 0.481 e. The third-order valence-electron chi connectivity index (χ3n) is 2.86. The summed E-state index contributed by atoms with van der Waals surface area (Å²) >= 11 is 3.31. The Kier molecular flexibility index (Phi) is 8.74. The van der Waals surface area contributed by atoms with Crippen LogP contribution >= 0.6 is 15.9 Å². The summed E-state index contributed by atoms with van der Waals surface area (Å²) in [4.78, 5) is 33.5. The Labute approximate surface area is 143 Å². The summed E-state index contributed by atoms with van der Waals surface area (Å²) in [5, 5.41) is 16.4. The van der Waals surface area contributed by atoms with E-state index in [0.29, 0.717) is 38.0 Å². The lowest BCUT2D eigenvalue weighted by molar-refractivity contribution is -0.137. The standard InChI is InChI=1S/C15H20BrN3O4/c16-12-5-1-4-11(10-12)14(22)17-8-3-9-19-15(23)18-7-2-6-13(20)21/h1,4-5,10H,2-3,6-9H2,(H,17,22)(H,20,21)(H2,18,19,23). The van der Waals surface area contributed by atoms with Crippen LogP contribution < -0.4 is 16.0 Å². The van der Waals surface area contributed by atoms with E-state index < -0.39 is 5.97 Å². The molecule has 4 N–H and O–H groups in total. The number of hydrogen-bond acceptors (Lipinski definition) is 3. The average Bonchev–Trinajstić information content (AvgIpc) is 2.51. The molecule has 0 saturated carbocycles. The normalized spacial score (nSPS) is 9.96. The highest BCUT2D eigenvalue weighted by Gasteiger charge is 2.05. The lowest BCUT2D eigenvalue weighted by atomic mass is 10.2. The lowest BCUT2D eigenvalue weighted by Crippen LogP contribution is -2.37. The molecule has 3 amide bonds. The molecule has 0 atom stereocenters. The van der Waals surface area contributed by atoms with Crippen LogP contribution in [-0.4, -0.2) is 42.6 Å². The first-order valence-electron chi connectivity index (χ1n) is 7.26. The summed E-state index contributed by atoms with van der Waals surface area (Å²) in [5.41, 5.74) is 0.573. The highest BCUT2D eigenvalue weighted by Crippen LogP contribution is 2.11. The Morgan fingerprint density at radius 2 is 1.65 bits per heavy atom. The summed E-state index contributed by atoms with van der Waals surface area (Å²) in [6, 6.07) is 6.75. The Bertz CT molecular complexity index is 551. The van der Waals surface area contributed by atoms with Gasteiger partial charge in [-0.1, -0.05) is 22.0 Å². The van der Waals surface area contributed by atoms with E-state index in [1.54, 1.807) is 18.2 Å². The Morgan fingerprint density at radius 3 is 2.30 bits per heavy atom. The summed E-state index contributed by atoms with van der Waals surface area (Å²) in [5.74, 6) is -1.04. The molecule has 0 aliphatic heterocycles. The van der Waals surface area contributed by atoms with Crippen LogP contribution in [0.25, 0.3) is 0 Å². The molecule has 0 aliphatic carbocycles. The highest BCUT2D eigenvalue weighted by molar-refractivity contribution is 9.10. The number of carbonyl (C=O) groups excluding carboxylic acids is 2. The smallest absolute Gasteiger partial charge is 0.314 e. The maximum Gasteiger partial charge on any atom is 0.314 e. The molecule has 0 unspecified atom stereocenters. The second kappa shape index (κ2) is 10.6. The molecule has 0 bridgehead atoms. The fourth-order valence-corrected chi connectivity index (χ4v) is 2.13. The monoisotopic (exact) mass is 385 g/mol. The van der Waals surface area contributed by atoms with Gasteiger partial charge in [-0.2, -0.15) is 0 Å². The second-order valence-electron chi connectivity index (χ2n) is 4.80. The summed E-state index contributed by atoms with van der Waals surface area (Å²) in [7, 11) is 0. The fourth-order valence-electron chi connectivity index (χ4n) is 1.73. The molecule has 0 radical (unpaired) electrons. The van der Waals surface area contributed by atoms with Gasteiger partial charge in [-0.3, -0.25) is 9.59 Å². The number of rotatable bonds is 9. The van der Waals surface area contributed by atoms with E-state index in [2.05, 4.69) is 31.9 Å². The van der Waals surface area contributed by atoms with Crippen LogP contribution in [0, 0.1) is 0 Å². The molecule has 0 fully saturated rings. The van der Waals surface area contributed by atoms with Gasteiger partial charge in [-0.25, -0.2) is 4.79 Å². The SMILES string of the molecule is O=C(O)CCCNC(=O)NCCCNC(=O)c1cccc(Br)c1. The van der Waals surface area contributed by atoms with Crippen molar-refractivity contribution in [2.75, 3.05) is 19.6 Å². The van der Waals surface area contributed by atoms with Gasteiger partial charge in [0.2, 0.25) is 0 Å². The fraction of sp³-hybridized carbons (Fsp3) is 0.400. The highest BCUT2D eigenvalue weighted by atomic mass is 79.9.